The zero-order chi connectivity index (χ0) is 14.0. The zero-order valence-corrected chi connectivity index (χ0v) is 12.0. The highest BCUT2D eigenvalue weighted by Gasteiger charge is 2.19. The maximum Gasteiger partial charge on any atom is 0.355 e. The molecule has 0 atom stereocenters. The maximum atomic E-state index is 11.1. The van der Waals surface area contributed by atoms with E-state index in [9.17, 15) is 4.79 Å². The van der Waals surface area contributed by atoms with Gasteiger partial charge < -0.3 is 10.4 Å². The van der Waals surface area contributed by atoms with Crippen LogP contribution in [0.3, 0.4) is 0 Å². The van der Waals surface area contributed by atoms with E-state index in [0.29, 0.717) is 10.2 Å². The number of benzene rings is 1. The molecule has 100 valence electrons. The van der Waals surface area contributed by atoms with Crippen LogP contribution in [0.15, 0.2) is 24.3 Å². The van der Waals surface area contributed by atoms with Crippen LogP contribution in [0.1, 0.15) is 35.1 Å². The van der Waals surface area contributed by atoms with Crippen molar-refractivity contribution in [1.82, 2.24) is 4.98 Å². The number of nitrogens with zero attached hydrogens (tertiary/aromatic N) is 1. The largest absolute Gasteiger partial charge is 0.476 e. The monoisotopic (exact) mass is 296 g/mol. The second kappa shape index (κ2) is 5.59. The van der Waals surface area contributed by atoms with Crippen molar-refractivity contribution >= 4 is 39.7 Å². The Hall–Kier alpha value is -1.59. The van der Waals surface area contributed by atoms with Gasteiger partial charge in [0.15, 0.2) is 10.8 Å². The summed E-state index contributed by atoms with van der Waals surface area (Å²) in [6.07, 6.45) is 0. The number of hydrogen-bond donors (Lipinski definition) is 2. The number of rotatable bonds is 4. The Kier molecular flexibility index (Phi) is 4.07. The van der Waals surface area contributed by atoms with Crippen molar-refractivity contribution in [2.45, 2.75) is 19.8 Å². The number of aromatic carboxylic acids is 1. The third kappa shape index (κ3) is 3.24. The third-order valence-electron chi connectivity index (χ3n) is 2.48. The van der Waals surface area contributed by atoms with E-state index in [-0.39, 0.29) is 11.6 Å². The molecule has 2 N–H and O–H groups in total. The van der Waals surface area contributed by atoms with Gasteiger partial charge in [-0.3, -0.25) is 0 Å². The molecule has 2 rings (SSSR count). The first-order chi connectivity index (χ1) is 8.97. The molecule has 0 bridgehead atoms. The van der Waals surface area contributed by atoms with Crippen LogP contribution in [0, 0.1) is 0 Å². The van der Waals surface area contributed by atoms with Gasteiger partial charge in [-0.15, -0.1) is 11.3 Å². The lowest BCUT2D eigenvalue weighted by Gasteiger charge is -2.02. The average molecular weight is 297 g/mol. The Morgan fingerprint density at radius 3 is 2.47 bits per heavy atom. The molecule has 0 saturated heterocycles. The van der Waals surface area contributed by atoms with Crippen LogP contribution in [-0.2, 0) is 0 Å². The topological polar surface area (TPSA) is 62.2 Å². The third-order valence-corrected chi connectivity index (χ3v) is 4.00. The molecule has 19 heavy (non-hydrogen) atoms. The van der Waals surface area contributed by atoms with Crippen molar-refractivity contribution < 1.29 is 9.90 Å². The van der Waals surface area contributed by atoms with E-state index in [1.165, 1.54) is 11.3 Å². The van der Waals surface area contributed by atoms with E-state index in [1.54, 1.807) is 12.1 Å². The summed E-state index contributed by atoms with van der Waals surface area (Å²) in [5.41, 5.74) is 0.946. The minimum Gasteiger partial charge on any atom is -0.476 e. The minimum absolute atomic E-state index is 0.122. The first-order valence-corrected chi connectivity index (χ1v) is 6.93. The quantitative estimate of drug-likeness (QED) is 0.880. The van der Waals surface area contributed by atoms with Crippen LogP contribution in [0.4, 0.5) is 10.8 Å². The van der Waals surface area contributed by atoms with Crippen LogP contribution in [0.2, 0.25) is 5.02 Å². The van der Waals surface area contributed by atoms with Crippen LogP contribution in [0.5, 0.6) is 0 Å². The Labute approximate surface area is 120 Å². The molecule has 0 unspecified atom stereocenters. The van der Waals surface area contributed by atoms with E-state index in [0.717, 1.165) is 10.6 Å². The first-order valence-electron chi connectivity index (χ1n) is 5.74. The van der Waals surface area contributed by atoms with Gasteiger partial charge in [-0.2, -0.15) is 0 Å². The fourth-order valence-corrected chi connectivity index (χ4v) is 2.69. The van der Waals surface area contributed by atoms with Gasteiger partial charge in [0, 0.05) is 15.6 Å². The molecular weight excluding hydrogens is 284 g/mol. The molecule has 0 spiro atoms. The normalized spacial score (nSPS) is 10.7. The van der Waals surface area contributed by atoms with Gasteiger partial charge in [0.2, 0.25) is 0 Å². The van der Waals surface area contributed by atoms with Crippen molar-refractivity contribution in [1.29, 1.82) is 0 Å². The Bertz CT molecular complexity index is 593. The van der Waals surface area contributed by atoms with Gasteiger partial charge in [0.1, 0.15) is 0 Å². The predicted molar refractivity (Wildman–Crippen MR) is 77.9 cm³/mol. The number of nitrogens with one attached hydrogen (secondary N) is 1. The number of carboxylic acid groups (broad SMARTS) is 1. The molecule has 4 nitrogen and oxygen atoms in total. The van der Waals surface area contributed by atoms with Gasteiger partial charge in [-0.1, -0.05) is 25.4 Å². The maximum absolute atomic E-state index is 11.1. The number of anilines is 2. The molecule has 1 aromatic heterocycles. The van der Waals surface area contributed by atoms with E-state index < -0.39 is 5.97 Å². The number of halogens is 1. The highest BCUT2D eigenvalue weighted by molar-refractivity contribution is 7.16. The molecule has 0 fully saturated rings. The molecule has 0 radical (unpaired) electrons. The lowest BCUT2D eigenvalue weighted by molar-refractivity contribution is 0.0690. The van der Waals surface area contributed by atoms with Crippen LogP contribution in [-0.4, -0.2) is 16.1 Å². The average Bonchev–Trinajstić information content (AvgIpc) is 2.76. The molecule has 1 heterocycles. The molecular formula is C13H13ClN2O2S. The number of hydrogen-bond acceptors (Lipinski definition) is 4. The van der Waals surface area contributed by atoms with E-state index >= 15 is 0 Å². The summed E-state index contributed by atoms with van der Waals surface area (Å²) in [7, 11) is 0. The summed E-state index contributed by atoms with van der Waals surface area (Å²) < 4.78 is 0. The molecule has 2 aromatic rings. The predicted octanol–water partition coefficient (Wildman–Crippen LogP) is 4.36. The van der Waals surface area contributed by atoms with Gasteiger partial charge in [-0.05, 0) is 30.2 Å². The van der Waals surface area contributed by atoms with Gasteiger partial charge in [0.25, 0.3) is 0 Å². The van der Waals surface area contributed by atoms with E-state index in [2.05, 4.69) is 10.3 Å². The standard InChI is InChI=1S/C13H13ClN2O2S/c1-7(2)11-10(12(17)18)16-13(19-11)15-9-5-3-8(14)4-6-9/h3-7H,1-2H3,(H,15,16)(H,17,18). The molecule has 0 aliphatic rings. The fourth-order valence-electron chi connectivity index (χ4n) is 1.59. The summed E-state index contributed by atoms with van der Waals surface area (Å²) >= 11 is 7.17. The molecule has 0 aliphatic carbocycles. The molecule has 6 heteroatoms. The Balaban J connectivity index is 2.28. The summed E-state index contributed by atoms with van der Waals surface area (Å²) in [5.74, 6) is -0.867. The van der Waals surface area contributed by atoms with Crippen molar-refractivity contribution in [3.63, 3.8) is 0 Å². The summed E-state index contributed by atoms with van der Waals surface area (Å²) in [5, 5.41) is 13.4. The Morgan fingerprint density at radius 1 is 1.37 bits per heavy atom. The molecule has 0 amide bonds. The van der Waals surface area contributed by atoms with Crippen molar-refractivity contribution in [2.75, 3.05) is 5.32 Å². The number of aromatic nitrogens is 1. The van der Waals surface area contributed by atoms with Crippen LogP contribution in [0.25, 0.3) is 0 Å². The SMILES string of the molecule is CC(C)c1sc(Nc2ccc(Cl)cc2)nc1C(=O)O. The molecule has 0 aliphatic heterocycles. The summed E-state index contributed by atoms with van der Waals surface area (Å²) in [6, 6.07) is 7.16. The van der Waals surface area contributed by atoms with E-state index in [1.807, 2.05) is 26.0 Å². The number of carboxylic acids is 1. The van der Waals surface area contributed by atoms with E-state index in [4.69, 9.17) is 16.7 Å². The summed E-state index contributed by atoms with van der Waals surface area (Å²) in [6.45, 7) is 3.90. The molecule has 1 aromatic carbocycles. The van der Waals surface area contributed by atoms with Crippen molar-refractivity contribution in [3.8, 4) is 0 Å². The lowest BCUT2D eigenvalue weighted by Crippen LogP contribution is -2.02. The fraction of sp³-hybridized carbons (Fsp3) is 0.231. The summed E-state index contributed by atoms with van der Waals surface area (Å²) in [4.78, 5) is 16.0. The van der Waals surface area contributed by atoms with Crippen LogP contribution < -0.4 is 5.32 Å². The molecule has 0 saturated carbocycles. The van der Waals surface area contributed by atoms with Gasteiger partial charge >= 0.3 is 5.97 Å². The first kappa shape index (κ1) is 13.8. The smallest absolute Gasteiger partial charge is 0.355 e. The van der Waals surface area contributed by atoms with Gasteiger partial charge in [0.05, 0.1) is 0 Å². The van der Waals surface area contributed by atoms with Gasteiger partial charge in [-0.25, -0.2) is 9.78 Å². The minimum atomic E-state index is -0.996. The number of thiazole rings is 1. The second-order valence-electron chi connectivity index (χ2n) is 4.32. The second-order valence-corrected chi connectivity index (χ2v) is 5.79. The Morgan fingerprint density at radius 2 is 2.00 bits per heavy atom. The lowest BCUT2D eigenvalue weighted by atomic mass is 10.1. The van der Waals surface area contributed by atoms with Crippen molar-refractivity contribution in [2.24, 2.45) is 0 Å². The highest BCUT2D eigenvalue weighted by atomic mass is 35.5. The number of carbonyl (C=O) groups is 1. The highest BCUT2D eigenvalue weighted by Crippen LogP contribution is 2.31. The van der Waals surface area contributed by atoms with Crippen LogP contribution >= 0.6 is 22.9 Å². The zero-order valence-electron chi connectivity index (χ0n) is 10.5. The van der Waals surface area contributed by atoms with Crippen molar-refractivity contribution in [3.05, 3.63) is 39.9 Å².